The van der Waals surface area contributed by atoms with Gasteiger partial charge < -0.3 is 8.69 Å². The van der Waals surface area contributed by atoms with Crippen LogP contribution in [0, 0.1) is 5.92 Å². The summed E-state index contributed by atoms with van der Waals surface area (Å²) >= 11 is -0.832. The first-order valence-electron chi connectivity index (χ1n) is 5.51. The van der Waals surface area contributed by atoms with Crippen molar-refractivity contribution in [3.63, 3.8) is 0 Å². The standard InChI is InChI=1S/C8H16NO.2CH3.Al/c1-3-9-5-4-8(6-9)7(2)10;;;/h7-8H,3-6H2,1-2H3;2*1H3;/q-1;;;+1. The van der Waals surface area contributed by atoms with E-state index in [-0.39, 0.29) is 0 Å². The van der Waals surface area contributed by atoms with Gasteiger partial charge >= 0.3 is 14.5 Å². The van der Waals surface area contributed by atoms with Crippen LogP contribution in [0.25, 0.3) is 0 Å². The molecule has 0 bridgehead atoms. The van der Waals surface area contributed by atoms with Crippen LogP contribution < -0.4 is 0 Å². The Labute approximate surface area is 87.0 Å². The molecule has 13 heavy (non-hydrogen) atoms. The van der Waals surface area contributed by atoms with Crippen LogP contribution in [0.1, 0.15) is 20.3 Å². The van der Waals surface area contributed by atoms with E-state index in [1.807, 2.05) is 0 Å². The summed E-state index contributed by atoms with van der Waals surface area (Å²) in [6, 6.07) is 0. The molecule has 2 unspecified atom stereocenters. The first-order chi connectivity index (χ1) is 6.13. The van der Waals surface area contributed by atoms with Gasteiger partial charge in [-0.05, 0) is 32.4 Å². The smallest absolute Gasteiger partial charge is 0.454 e. The van der Waals surface area contributed by atoms with E-state index in [2.05, 4.69) is 30.3 Å². The lowest BCUT2D eigenvalue weighted by atomic mass is 10.0. The minimum Gasteiger partial charge on any atom is -0.498 e. The Bertz CT molecular complexity index is 152. The summed E-state index contributed by atoms with van der Waals surface area (Å²) in [5.41, 5.74) is 0. The quantitative estimate of drug-likeness (QED) is 0.642. The zero-order valence-corrected chi connectivity index (χ0v) is 10.6. The summed E-state index contributed by atoms with van der Waals surface area (Å²) in [6.07, 6.45) is 1.82. The van der Waals surface area contributed by atoms with Crippen molar-refractivity contribution < 1.29 is 3.79 Å². The van der Waals surface area contributed by atoms with Gasteiger partial charge in [0.2, 0.25) is 0 Å². The summed E-state index contributed by atoms with van der Waals surface area (Å²) in [7, 11) is 0. The fourth-order valence-corrected chi connectivity index (χ4v) is 3.15. The van der Waals surface area contributed by atoms with Crippen LogP contribution in [-0.2, 0) is 3.79 Å². The van der Waals surface area contributed by atoms with Crippen LogP contribution in [0.15, 0.2) is 0 Å². The Morgan fingerprint density at radius 3 is 2.69 bits per heavy atom. The third-order valence-corrected chi connectivity index (χ3v) is 3.88. The largest absolute Gasteiger partial charge is 0.498 e. The molecule has 0 aromatic heterocycles. The van der Waals surface area contributed by atoms with E-state index >= 15 is 0 Å². The van der Waals surface area contributed by atoms with Gasteiger partial charge in [-0.15, -0.1) is 0 Å². The predicted molar refractivity (Wildman–Crippen MR) is 58.3 cm³/mol. The summed E-state index contributed by atoms with van der Waals surface area (Å²) < 4.78 is 5.94. The molecule has 0 amide bonds. The Hall–Kier alpha value is 0.452. The van der Waals surface area contributed by atoms with Crippen molar-refractivity contribution in [1.82, 2.24) is 4.90 Å². The van der Waals surface area contributed by atoms with E-state index in [0.29, 0.717) is 6.10 Å². The van der Waals surface area contributed by atoms with Crippen molar-refractivity contribution in [2.24, 2.45) is 5.92 Å². The first-order valence-corrected chi connectivity index (χ1v) is 8.29. The minimum atomic E-state index is -0.832. The molecular weight excluding hydrogens is 177 g/mol. The van der Waals surface area contributed by atoms with Crippen molar-refractivity contribution in [2.75, 3.05) is 19.6 Å². The number of rotatable bonds is 4. The molecule has 2 nitrogen and oxygen atoms in total. The van der Waals surface area contributed by atoms with Gasteiger partial charge in [-0.25, -0.2) is 0 Å². The van der Waals surface area contributed by atoms with Gasteiger partial charge in [0, 0.05) is 12.6 Å². The number of hydrogen-bond donors (Lipinski definition) is 0. The van der Waals surface area contributed by atoms with Crippen molar-refractivity contribution in [3.8, 4) is 0 Å². The maximum atomic E-state index is 5.94. The van der Waals surface area contributed by atoms with E-state index in [0.717, 1.165) is 5.92 Å². The Morgan fingerprint density at radius 1 is 1.54 bits per heavy atom. The fraction of sp³-hybridized carbons (Fsp3) is 1.00. The molecule has 0 aromatic rings. The molecule has 2 atom stereocenters. The Balaban J connectivity index is 2.28. The Kier molecular flexibility index (Phi) is 4.75. The average molecular weight is 199 g/mol. The second kappa shape index (κ2) is 5.36. The second-order valence-corrected chi connectivity index (χ2v) is 6.70. The van der Waals surface area contributed by atoms with Crippen molar-refractivity contribution in [2.45, 2.75) is 37.9 Å². The van der Waals surface area contributed by atoms with Crippen molar-refractivity contribution in [1.29, 1.82) is 0 Å². The molecule has 0 spiro atoms. The molecule has 1 heterocycles. The molecule has 1 saturated heterocycles. The minimum absolute atomic E-state index is 0.489. The Morgan fingerprint density at radius 2 is 2.23 bits per heavy atom. The van der Waals surface area contributed by atoms with E-state index < -0.39 is 14.5 Å². The van der Waals surface area contributed by atoms with Gasteiger partial charge in [0.1, 0.15) is 0 Å². The maximum Gasteiger partial charge on any atom is 0.454 e. The van der Waals surface area contributed by atoms with Crippen LogP contribution in [-0.4, -0.2) is 45.1 Å². The first kappa shape index (κ1) is 11.5. The van der Waals surface area contributed by atoms with E-state index in [1.165, 1.54) is 26.1 Å². The molecule has 76 valence electrons. The SMILES string of the molecule is CCN1CCC(C(C)[O][Al]([CH3])[CH3])C1. The average Bonchev–Trinajstić information content (AvgIpc) is 2.50. The molecule has 1 aliphatic rings. The zero-order chi connectivity index (χ0) is 9.84. The normalized spacial score (nSPS) is 26.3. The summed E-state index contributed by atoms with van der Waals surface area (Å²) in [6.45, 7) is 8.21. The van der Waals surface area contributed by atoms with Crippen LogP contribution in [0.5, 0.6) is 0 Å². The predicted octanol–water partition coefficient (Wildman–Crippen LogP) is 1.98. The molecule has 0 N–H and O–H groups in total. The van der Waals surface area contributed by atoms with E-state index in [1.54, 1.807) is 0 Å². The van der Waals surface area contributed by atoms with Crippen molar-refractivity contribution >= 4 is 14.5 Å². The van der Waals surface area contributed by atoms with Crippen molar-refractivity contribution in [3.05, 3.63) is 0 Å². The highest BCUT2D eigenvalue weighted by Crippen LogP contribution is 2.21. The molecule has 0 saturated carbocycles. The maximum absolute atomic E-state index is 5.94. The monoisotopic (exact) mass is 199 g/mol. The molecule has 3 heteroatoms. The number of nitrogens with zero attached hydrogens (tertiary/aromatic N) is 1. The fourth-order valence-electron chi connectivity index (χ4n) is 2.07. The van der Waals surface area contributed by atoms with Crippen LogP contribution in [0.4, 0.5) is 0 Å². The molecule has 0 radical (unpaired) electrons. The lowest BCUT2D eigenvalue weighted by Crippen LogP contribution is -2.28. The van der Waals surface area contributed by atoms with Gasteiger partial charge in [-0.2, -0.15) is 0 Å². The summed E-state index contributed by atoms with van der Waals surface area (Å²) in [5.74, 6) is 5.29. The van der Waals surface area contributed by atoms with Gasteiger partial charge in [-0.3, -0.25) is 0 Å². The lowest BCUT2D eigenvalue weighted by Gasteiger charge is -2.22. The lowest BCUT2D eigenvalue weighted by molar-refractivity contribution is 0.154. The molecule has 1 aliphatic heterocycles. The molecular formula is C10H22AlNO. The number of likely N-dealkylation sites (tertiary alicyclic amines) is 1. The topological polar surface area (TPSA) is 12.5 Å². The zero-order valence-electron chi connectivity index (χ0n) is 9.42. The van der Waals surface area contributed by atoms with Gasteiger partial charge in [0.25, 0.3) is 0 Å². The highest BCUT2D eigenvalue weighted by molar-refractivity contribution is 6.48. The van der Waals surface area contributed by atoms with Crippen LogP contribution in [0.3, 0.4) is 0 Å². The van der Waals surface area contributed by atoms with Crippen LogP contribution in [0.2, 0.25) is 11.6 Å². The van der Waals surface area contributed by atoms with Gasteiger partial charge in [-0.1, -0.05) is 18.5 Å². The molecule has 1 fully saturated rings. The molecule has 0 aliphatic carbocycles. The highest BCUT2D eigenvalue weighted by Gasteiger charge is 2.27. The van der Waals surface area contributed by atoms with Gasteiger partial charge in [0.05, 0.1) is 0 Å². The summed E-state index contributed by atoms with van der Waals surface area (Å²) in [4.78, 5) is 2.52. The third-order valence-electron chi connectivity index (χ3n) is 2.91. The van der Waals surface area contributed by atoms with Crippen LogP contribution >= 0.6 is 0 Å². The van der Waals surface area contributed by atoms with E-state index in [4.69, 9.17) is 3.79 Å². The molecule has 1 rings (SSSR count). The number of hydrogen-bond acceptors (Lipinski definition) is 2. The highest BCUT2D eigenvalue weighted by atomic mass is 27.2. The summed E-state index contributed by atoms with van der Waals surface area (Å²) in [5, 5.41) is 0. The van der Waals surface area contributed by atoms with Gasteiger partial charge in [0.15, 0.2) is 0 Å². The third kappa shape index (κ3) is 3.60. The van der Waals surface area contributed by atoms with E-state index in [9.17, 15) is 0 Å². The second-order valence-electron chi connectivity index (χ2n) is 4.33. The molecule has 0 aromatic carbocycles.